The van der Waals surface area contributed by atoms with Gasteiger partial charge >= 0.3 is 0 Å². The minimum atomic E-state index is -3.62. The predicted molar refractivity (Wildman–Crippen MR) is 112 cm³/mol. The van der Waals surface area contributed by atoms with Crippen LogP contribution in [0.4, 0.5) is 0 Å². The van der Waals surface area contributed by atoms with E-state index in [9.17, 15) is 8.42 Å². The summed E-state index contributed by atoms with van der Waals surface area (Å²) in [7, 11) is -3.62. The fourth-order valence-electron chi connectivity index (χ4n) is 2.93. The van der Waals surface area contributed by atoms with E-state index in [1.807, 2.05) is 67.6 Å². The Balaban J connectivity index is 1.70. The summed E-state index contributed by atoms with van der Waals surface area (Å²) in [5.41, 5.74) is 3.13. The van der Waals surface area contributed by atoms with E-state index in [1.165, 1.54) is 0 Å². The maximum absolute atomic E-state index is 12.8. The topological polar surface area (TPSA) is 55.4 Å². The standard InChI is InChI=1S/C23H25NO3S/c1-19-12-14-23(15-13-19)28(25,26)24-22(16-20-8-4-2-5-9-20)18-27-17-21-10-6-3-7-11-21/h2-15,22,24H,16-18H2,1H3. The molecule has 0 heterocycles. The smallest absolute Gasteiger partial charge is 0.240 e. The lowest BCUT2D eigenvalue weighted by Crippen LogP contribution is -2.39. The molecule has 0 saturated heterocycles. The average Bonchev–Trinajstić information content (AvgIpc) is 2.69. The van der Waals surface area contributed by atoms with Gasteiger partial charge in [0.25, 0.3) is 0 Å². The molecule has 5 heteroatoms. The Bertz CT molecular complexity index is 956. The second-order valence-corrected chi connectivity index (χ2v) is 8.54. The van der Waals surface area contributed by atoms with Crippen LogP contribution in [0.1, 0.15) is 16.7 Å². The van der Waals surface area contributed by atoms with Gasteiger partial charge < -0.3 is 4.74 Å². The van der Waals surface area contributed by atoms with E-state index in [2.05, 4.69) is 4.72 Å². The molecule has 0 aliphatic rings. The molecule has 3 rings (SSSR count). The largest absolute Gasteiger partial charge is 0.375 e. The molecule has 0 fully saturated rings. The van der Waals surface area contributed by atoms with E-state index >= 15 is 0 Å². The Morgan fingerprint density at radius 2 is 1.39 bits per heavy atom. The number of hydrogen-bond acceptors (Lipinski definition) is 3. The normalized spacial score (nSPS) is 12.6. The number of sulfonamides is 1. The maximum Gasteiger partial charge on any atom is 0.240 e. The molecule has 1 atom stereocenters. The number of ether oxygens (including phenoxy) is 1. The maximum atomic E-state index is 12.8. The third kappa shape index (κ3) is 6.02. The van der Waals surface area contributed by atoms with Crippen LogP contribution in [0, 0.1) is 6.92 Å². The van der Waals surface area contributed by atoms with Crippen molar-refractivity contribution in [3.8, 4) is 0 Å². The SMILES string of the molecule is Cc1ccc(S(=O)(=O)NC(COCc2ccccc2)Cc2ccccc2)cc1. The number of rotatable bonds is 9. The zero-order valence-electron chi connectivity index (χ0n) is 15.9. The Labute approximate surface area is 167 Å². The molecular formula is C23H25NO3S. The molecular weight excluding hydrogens is 370 g/mol. The highest BCUT2D eigenvalue weighted by atomic mass is 32.2. The monoisotopic (exact) mass is 395 g/mol. The van der Waals surface area contributed by atoms with Crippen molar-refractivity contribution < 1.29 is 13.2 Å². The Morgan fingerprint density at radius 1 is 0.821 bits per heavy atom. The van der Waals surface area contributed by atoms with Gasteiger partial charge in [-0.1, -0.05) is 78.4 Å². The van der Waals surface area contributed by atoms with Gasteiger partial charge in [-0.25, -0.2) is 13.1 Å². The van der Waals surface area contributed by atoms with Gasteiger partial charge in [0.1, 0.15) is 0 Å². The van der Waals surface area contributed by atoms with Crippen molar-refractivity contribution in [1.29, 1.82) is 0 Å². The van der Waals surface area contributed by atoms with Crippen LogP contribution < -0.4 is 4.72 Å². The van der Waals surface area contributed by atoms with Crippen LogP contribution in [0.2, 0.25) is 0 Å². The predicted octanol–water partition coefficient (Wildman–Crippen LogP) is 4.10. The second kappa shape index (κ2) is 9.64. The van der Waals surface area contributed by atoms with Crippen molar-refractivity contribution >= 4 is 10.0 Å². The van der Waals surface area contributed by atoms with Crippen molar-refractivity contribution in [2.75, 3.05) is 6.61 Å². The lowest BCUT2D eigenvalue weighted by molar-refractivity contribution is 0.104. The van der Waals surface area contributed by atoms with Crippen LogP contribution >= 0.6 is 0 Å². The van der Waals surface area contributed by atoms with E-state index in [1.54, 1.807) is 24.3 Å². The molecule has 1 N–H and O–H groups in total. The summed E-state index contributed by atoms with van der Waals surface area (Å²) in [5.74, 6) is 0. The van der Waals surface area contributed by atoms with E-state index in [0.717, 1.165) is 16.7 Å². The van der Waals surface area contributed by atoms with Crippen molar-refractivity contribution in [2.45, 2.75) is 30.9 Å². The van der Waals surface area contributed by atoms with Gasteiger partial charge in [-0.15, -0.1) is 0 Å². The van der Waals surface area contributed by atoms with Gasteiger partial charge in [-0.3, -0.25) is 0 Å². The molecule has 4 nitrogen and oxygen atoms in total. The Kier molecular flexibility index (Phi) is 6.98. The highest BCUT2D eigenvalue weighted by Crippen LogP contribution is 2.13. The zero-order valence-corrected chi connectivity index (χ0v) is 16.7. The molecule has 0 spiro atoms. The van der Waals surface area contributed by atoms with Crippen LogP contribution in [-0.2, 0) is 27.8 Å². The Morgan fingerprint density at radius 3 is 2.00 bits per heavy atom. The summed E-state index contributed by atoms with van der Waals surface area (Å²) in [6, 6.07) is 26.2. The molecule has 1 unspecified atom stereocenters. The summed E-state index contributed by atoms with van der Waals surface area (Å²) in [5, 5.41) is 0. The molecule has 0 aliphatic heterocycles. The average molecular weight is 396 g/mol. The van der Waals surface area contributed by atoms with Gasteiger partial charge in [0.2, 0.25) is 10.0 Å². The first-order chi connectivity index (χ1) is 13.5. The van der Waals surface area contributed by atoms with Crippen molar-refractivity contribution in [3.63, 3.8) is 0 Å². The lowest BCUT2D eigenvalue weighted by Gasteiger charge is -2.19. The number of nitrogens with one attached hydrogen (secondary N) is 1. The summed E-state index contributed by atoms with van der Waals surface area (Å²) < 4.78 is 34.3. The molecule has 0 aromatic heterocycles. The molecule has 0 aliphatic carbocycles. The van der Waals surface area contributed by atoms with Crippen molar-refractivity contribution in [3.05, 3.63) is 102 Å². The molecule has 146 valence electrons. The molecule has 0 radical (unpaired) electrons. The molecule has 0 bridgehead atoms. The number of hydrogen-bond donors (Lipinski definition) is 1. The minimum absolute atomic E-state index is 0.263. The van der Waals surface area contributed by atoms with Crippen molar-refractivity contribution in [1.82, 2.24) is 4.72 Å². The van der Waals surface area contributed by atoms with Gasteiger partial charge in [0, 0.05) is 6.04 Å². The van der Waals surface area contributed by atoms with Gasteiger partial charge in [-0.05, 0) is 36.6 Å². The fraction of sp³-hybridized carbons (Fsp3) is 0.217. The summed E-state index contributed by atoms with van der Waals surface area (Å²) in [4.78, 5) is 0.263. The first-order valence-electron chi connectivity index (χ1n) is 9.27. The minimum Gasteiger partial charge on any atom is -0.375 e. The number of benzene rings is 3. The highest BCUT2D eigenvalue weighted by Gasteiger charge is 2.20. The third-order valence-corrected chi connectivity index (χ3v) is 5.95. The first-order valence-corrected chi connectivity index (χ1v) is 10.8. The van der Waals surface area contributed by atoms with E-state index in [0.29, 0.717) is 13.0 Å². The van der Waals surface area contributed by atoms with Crippen LogP contribution in [0.15, 0.2) is 89.8 Å². The number of aryl methyl sites for hydroxylation is 1. The zero-order chi connectivity index (χ0) is 19.8. The first kappa shape index (κ1) is 20.3. The second-order valence-electron chi connectivity index (χ2n) is 6.82. The van der Waals surface area contributed by atoms with Gasteiger partial charge in [-0.2, -0.15) is 0 Å². The van der Waals surface area contributed by atoms with Crippen LogP contribution in [-0.4, -0.2) is 21.1 Å². The molecule has 3 aromatic rings. The van der Waals surface area contributed by atoms with Gasteiger partial charge in [0.15, 0.2) is 0 Å². The fourth-order valence-corrected chi connectivity index (χ4v) is 4.15. The van der Waals surface area contributed by atoms with E-state index in [-0.39, 0.29) is 17.5 Å². The van der Waals surface area contributed by atoms with Crippen molar-refractivity contribution in [2.24, 2.45) is 0 Å². The van der Waals surface area contributed by atoms with Crippen LogP contribution in [0.3, 0.4) is 0 Å². The third-order valence-electron chi connectivity index (χ3n) is 4.41. The molecule has 28 heavy (non-hydrogen) atoms. The van der Waals surface area contributed by atoms with E-state index in [4.69, 9.17) is 4.74 Å². The quantitative estimate of drug-likeness (QED) is 0.593. The summed E-state index contributed by atoms with van der Waals surface area (Å²) in [6.07, 6.45) is 0.556. The summed E-state index contributed by atoms with van der Waals surface area (Å²) in [6.45, 7) is 2.66. The summed E-state index contributed by atoms with van der Waals surface area (Å²) >= 11 is 0. The van der Waals surface area contributed by atoms with Gasteiger partial charge in [0.05, 0.1) is 18.1 Å². The lowest BCUT2D eigenvalue weighted by atomic mass is 10.1. The Hall–Kier alpha value is -2.47. The molecule has 0 amide bonds. The highest BCUT2D eigenvalue weighted by molar-refractivity contribution is 7.89. The molecule has 0 saturated carbocycles. The van der Waals surface area contributed by atoms with E-state index < -0.39 is 10.0 Å². The molecule has 3 aromatic carbocycles. The van der Waals surface area contributed by atoms with Crippen LogP contribution in [0.5, 0.6) is 0 Å². The van der Waals surface area contributed by atoms with Crippen LogP contribution in [0.25, 0.3) is 0 Å².